The van der Waals surface area contributed by atoms with Gasteiger partial charge in [-0.1, -0.05) is 30.5 Å². The summed E-state index contributed by atoms with van der Waals surface area (Å²) < 4.78 is 16.7. The Morgan fingerprint density at radius 3 is 2.21 bits per heavy atom. The third kappa shape index (κ3) is 5.82. The maximum absolute atomic E-state index is 12.7. The molecule has 172 valence electrons. The fourth-order valence-electron chi connectivity index (χ4n) is 2.90. The monoisotopic (exact) mass is 487 g/mol. The van der Waals surface area contributed by atoms with E-state index in [1.807, 2.05) is 0 Å². The summed E-state index contributed by atoms with van der Waals surface area (Å²) >= 11 is 10.4. The number of nitrogens with zero attached hydrogens (tertiary/aromatic N) is 1. The van der Waals surface area contributed by atoms with Crippen LogP contribution in [-0.4, -0.2) is 33.3 Å². The van der Waals surface area contributed by atoms with Gasteiger partial charge in [-0.3, -0.25) is 4.79 Å². The number of benzene rings is 3. The first kappa shape index (κ1) is 24.1. The van der Waals surface area contributed by atoms with Gasteiger partial charge in [-0.05, 0) is 48.5 Å². The van der Waals surface area contributed by atoms with Gasteiger partial charge in [0, 0.05) is 17.3 Å². The van der Waals surface area contributed by atoms with Crippen molar-refractivity contribution in [2.24, 2.45) is 0 Å². The first-order valence-corrected chi connectivity index (χ1v) is 10.4. The van der Waals surface area contributed by atoms with Gasteiger partial charge in [0.15, 0.2) is 0 Å². The Hall–Kier alpha value is -3.56. The van der Waals surface area contributed by atoms with Crippen molar-refractivity contribution in [2.45, 2.75) is 0 Å². The van der Waals surface area contributed by atoms with Crippen LogP contribution >= 0.6 is 24.4 Å². The summed E-state index contributed by atoms with van der Waals surface area (Å²) in [7, 11) is 4.49. The van der Waals surface area contributed by atoms with Gasteiger partial charge in [0.2, 0.25) is 0 Å². The molecule has 0 aliphatic carbocycles. The average molecular weight is 488 g/mol. The lowest BCUT2D eigenvalue weighted by Crippen LogP contribution is -2.27. The minimum atomic E-state index is -0.536. The highest BCUT2D eigenvalue weighted by Crippen LogP contribution is 2.36. The number of hydrogen-bond donors (Lipinski definition) is 3. The second-order valence-corrected chi connectivity index (χ2v) is 7.47. The molecular formula is C23H22ClN3O5S. The molecule has 0 heterocycles. The number of urea groups is 1. The van der Waals surface area contributed by atoms with Crippen LogP contribution in [-0.2, 0) is 0 Å². The van der Waals surface area contributed by atoms with Crippen LogP contribution in [0, 0.1) is 0 Å². The van der Waals surface area contributed by atoms with Crippen LogP contribution in [0.1, 0.15) is 10.4 Å². The summed E-state index contributed by atoms with van der Waals surface area (Å²) in [6.45, 7) is 0. The highest BCUT2D eigenvalue weighted by atomic mass is 35.5. The minimum absolute atomic E-state index is 0.286. The van der Waals surface area contributed by atoms with Gasteiger partial charge in [0.25, 0.3) is 5.91 Å². The second kappa shape index (κ2) is 10.8. The lowest BCUT2D eigenvalue weighted by atomic mass is 10.2. The van der Waals surface area contributed by atoms with Crippen molar-refractivity contribution < 1.29 is 23.8 Å². The van der Waals surface area contributed by atoms with Gasteiger partial charge in [-0.15, -0.1) is 0 Å². The van der Waals surface area contributed by atoms with Crippen molar-refractivity contribution in [1.82, 2.24) is 0 Å². The fraction of sp³-hybridized carbons (Fsp3) is 0.130. The zero-order chi connectivity index (χ0) is 24.0. The molecule has 0 aromatic heterocycles. The Labute approximate surface area is 201 Å². The molecule has 0 saturated carbocycles. The van der Waals surface area contributed by atoms with Crippen LogP contribution in [0.15, 0.2) is 60.7 Å². The highest BCUT2D eigenvalue weighted by Gasteiger charge is 2.17. The number of thiol groups is 1. The van der Waals surface area contributed by atoms with Crippen molar-refractivity contribution in [3.63, 3.8) is 0 Å². The van der Waals surface area contributed by atoms with Gasteiger partial charge in [0.05, 0.1) is 37.7 Å². The zero-order valence-electron chi connectivity index (χ0n) is 18.1. The van der Waals surface area contributed by atoms with E-state index >= 15 is 0 Å². The predicted octanol–water partition coefficient (Wildman–Crippen LogP) is 5.50. The van der Waals surface area contributed by atoms with Crippen LogP contribution in [0.2, 0.25) is 5.02 Å². The third-order valence-corrected chi connectivity index (χ3v) is 5.32. The number of ether oxygens (including phenoxy) is 3. The van der Waals surface area contributed by atoms with Crippen LogP contribution < -0.4 is 29.1 Å². The molecule has 33 heavy (non-hydrogen) atoms. The van der Waals surface area contributed by atoms with Crippen LogP contribution in [0.5, 0.6) is 17.2 Å². The van der Waals surface area contributed by atoms with Crippen LogP contribution in [0.4, 0.5) is 21.9 Å². The molecule has 0 aliphatic rings. The number of anilines is 3. The zero-order valence-corrected chi connectivity index (χ0v) is 19.7. The van der Waals surface area contributed by atoms with E-state index in [-0.39, 0.29) is 5.91 Å². The standard InChI is InChI=1S/C23H22ClN3O5S/c1-30-17-6-4-5-14(11-17)22(28)25-15-7-9-16(10-8-15)27(33)23(29)26-19-12-18(24)20(31-2)13-21(19)32-3/h4-13,33H,1-3H3,(H,25,28)(H,26,29). The molecule has 0 bridgehead atoms. The summed E-state index contributed by atoms with van der Waals surface area (Å²) in [5.74, 6) is 1.10. The number of carbonyl (C=O) groups is 2. The third-order valence-electron chi connectivity index (χ3n) is 4.61. The topological polar surface area (TPSA) is 89.1 Å². The molecule has 8 nitrogen and oxygen atoms in total. The summed E-state index contributed by atoms with van der Waals surface area (Å²) in [6, 6.07) is 16.0. The molecule has 0 aliphatic heterocycles. The van der Waals surface area contributed by atoms with Crippen molar-refractivity contribution in [1.29, 1.82) is 0 Å². The van der Waals surface area contributed by atoms with E-state index in [1.165, 1.54) is 27.4 Å². The lowest BCUT2D eigenvalue weighted by Gasteiger charge is -2.19. The number of amides is 3. The molecule has 2 N–H and O–H groups in total. The second-order valence-electron chi connectivity index (χ2n) is 6.66. The van der Waals surface area contributed by atoms with E-state index in [0.717, 1.165) is 4.31 Å². The molecule has 10 heteroatoms. The van der Waals surface area contributed by atoms with E-state index in [0.29, 0.717) is 44.9 Å². The van der Waals surface area contributed by atoms with Gasteiger partial charge < -0.3 is 24.8 Å². The molecule has 0 saturated heterocycles. The number of nitrogens with one attached hydrogen (secondary N) is 2. The van der Waals surface area contributed by atoms with E-state index in [1.54, 1.807) is 54.6 Å². The molecule has 0 radical (unpaired) electrons. The average Bonchev–Trinajstić information content (AvgIpc) is 2.84. The summed E-state index contributed by atoms with van der Waals surface area (Å²) in [4.78, 5) is 25.1. The molecule has 3 aromatic carbocycles. The van der Waals surface area contributed by atoms with Gasteiger partial charge in [0.1, 0.15) is 17.2 Å². The van der Waals surface area contributed by atoms with Gasteiger partial charge in [-0.2, -0.15) is 0 Å². The Morgan fingerprint density at radius 1 is 0.879 bits per heavy atom. The van der Waals surface area contributed by atoms with E-state index in [2.05, 4.69) is 23.4 Å². The van der Waals surface area contributed by atoms with Crippen molar-refractivity contribution in [3.05, 3.63) is 71.2 Å². The molecule has 0 unspecified atom stereocenters. The minimum Gasteiger partial charge on any atom is -0.497 e. The Morgan fingerprint density at radius 2 is 1.58 bits per heavy atom. The van der Waals surface area contributed by atoms with E-state index in [9.17, 15) is 9.59 Å². The quantitative estimate of drug-likeness (QED) is 0.383. The number of rotatable bonds is 7. The summed E-state index contributed by atoms with van der Waals surface area (Å²) in [6.07, 6.45) is 0. The highest BCUT2D eigenvalue weighted by molar-refractivity contribution is 7.82. The molecule has 0 spiro atoms. The number of hydrogen-bond acceptors (Lipinski definition) is 6. The fourth-order valence-corrected chi connectivity index (χ4v) is 3.32. The molecule has 3 rings (SSSR count). The predicted molar refractivity (Wildman–Crippen MR) is 132 cm³/mol. The maximum atomic E-state index is 12.7. The maximum Gasteiger partial charge on any atom is 0.336 e. The summed E-state index contributed by atoms with van der Waals surface area (Å²) in [5, 5.41) is 5.81. The molecular weight excluding hydrogens is 466 g/mol. The smallest absolute Gasteiger partial charge is 0.336 e. The first-order valence-electron chi connectivity index (χ1n) is 9.63. The van der Waals surface area contributed by atoms with Crippen molar-refractivity contribution >= 4 is 53.4 Å². The number of methoxy groups -OCH3 is 3. The van der Waals surface area contributed by atoms with Gasteiger partial charge in [-0.25, -0.2) is 9.10 Å². The van der Waals surface area contributed by atoms with Crippen molar-refractivity contribution in [2.75, 3.05) is 36.3 Å². The molecule has 0 fully saturated rings. The Bertz CT molecular complexity index is 1160. The van der Waals surface area contributed by atoms with E-state index in [4.69, 9.17) is 25.8 Å². The van der Waals surface area contributed by atoms with Gasteiger partial charge >= 0.3 is 6.03 Å². The normalized spacial score (nSPS) is 10.2. The summed E-state index contributed by atoms with van der Waals surface area (Å²) in [5.41, 5.74) is 1.85. The Kier molecular flexibility index (Phi) is 7.92. The lowest BCUT2D eigenvalue weighted by molar-refractivity contribution is 0.102. The Balaban J connectivity index is 1.68. The largest absolute Gasteiger partial charge is 0.497 e. The van der Waals surface area contributed by atoms with Crippen molar-refractivity contribution in [3.8, 4) is 17.2 Å². The molecule has 3 amide bonds. The first-order chi connectivity index (χ1) is 15.9. The number of carbonyl (C=O) groups excluding carboxylic acids is 2. The van der Waals surface area contributed by atoms with E-state index < -0.39 is 6.03 Å². The number of halogens is 1. The van der Waals surface area contributed by atoms with Crippen LogP contribution in [0.25, 0.3) is 0 Å². The van der Waals surface area contributed by atoms with Crippen LogP contribution in [0.3, 0.4) is 0 Å². The SMILES string of the molecule is COc1cccc(C(=O)Nc2ccc(N(S)C(=O)Nc3cc(Cl)c(OC)cc3OC)cc2)c1. The molecule has 0 atom stereocenters. The molecule has 3 aromatic rings.